The van der Waals surface area contributed by atoms with Crippen LogP contribution < -0.4 is 0 Å². The number of hydrogen-bond acceptors (Lipinski definition) is 3. The van der Waals surface area contributed by atoms with E-state index in [4.69, 9.17) is 7.85 Å². The van der Waals surface area contributed by atoms with Gasteiger partial charge < -0.3 is 5.11 Å². The van der Waals surface area contributed by atoms with Crippen molar-refractivity contribution in [1.29, 1.82) is 0 Å². The van der Waals surface area contributed by atoms with Gasteiger partial charge in [-0.3, -0.25) is 5.01 Å². The first-order valence-corrected chi connectivity index (χ1v) is 3.89. The number of aliphatic hydroxyl groups is 1. The fraction of sp³-hybridized carbons (Fsp3) is 0.375. The summed E-state index contributed by atoms with van der Waals surface area (Å²) in [4.78, 5) is 0. The summed E-state index contributed by atoms with van der Waals surface area (Å²) < 4.78 is 0. The molecule has 0 aromatic rings. The molecule has 0 fully saturated rings. The van der Waals surface area contributed by atoms with E-state index in [0.717, 1.165) is 0 Å². The highest BCUT2D eigenvalue weighted by Crippen LogP contribution is 2.27. The summed E-state index contributed by atoms with van der Waals surface area (Å²) in [7, 11) is 5.54. The molecule has 2 radical (unpaired) electrons. The summed E-state index contributed by atoms with van der Waals surface area (Å²) in [6.45, 7) is 2.01. The lowest BCUT2D eigenvalue weighted by atomic mass is 9.90. The zero-order valence-corrected chi connectivity index (χ0v) is 6.81. The van der Waals surface area contributed by atoms with Crippen LogP contribution in [0.25, 0.3) is 0 Å². The fourth-order valence-electron chi connectivity index (χ4n) is 1.54. The van der Waals surface area contributed by atoms with E-state index >= 15 is 0 Å². The van der Waals surface area contributed by atoms with Crippen LogP contribution in [0.15, 0.2) is 28.6 Å². The molecule has 1 N–H and O–H groups in total. The monoisotopic (exact) mass is 160 g/mol. The Hall–Kier alpha value is -1.19. The molecular formula is C8H9BN2O. The molecule has 4 heteroatoms. The van der Waals surface area contributed by atoms with Crippen LogP contribution in [0.3, 0.4) is 0 Å². The molecule has 0 aliphatic carbocycles. The number of hydrazone groups is 1. The Labute approximate surface area is 72.5 Å². The van der Waals surface area contributed by atoms with E-state index in [-0.39, 0.29) is 12.0 Å². The maximum Gasteiger partial charge on any atom is 0.117 e. The van der Waals surface area contributed by atoms with Gasteiger partial charge in [0.15, 0.2) is 0 Å². The van der Waals surface area contributed by atoms with Crippen LogP contribution in [-0.2, 0) is 0 Å². The van der Waals surface area contributed by atoms with Crippen molar-refractivity contribution >= 4 is 14.1 Å². The smallest absolute Gasteiger partial charge is 0.117 e. The van der Waals surface area contributed by atoms with Crippen molar-refractivity contribution in [3.63, 3.8) is 0 Å². The van der Waals surface area contributed by atoms with Crippen molar-refractivity contribution < 1.29 is 5.11 Å². The molecule has 0 aromatic heterocycles. The minimum Gasteiger partial charge on any atom is -0.510 e. The molecule has 2 unspecified atom stereocenters. The van der Waals surface area contributed by atoms with E-state index in [1.54, 1.807) is 17.3 Å². The van der Waals surface area contributed by atoms with Crippen LogP contribution in [0.1, 0.15) is 6.92 Å². The van der Waals surface area contributed by atoms with Gasteiger partial charge in [-0.1, -0.05) is 12.4 Å². The second kappa shape index (κ2) is 2.40. The van der Waals surface area contributed by atoms with Crippen molar-refractivity contribution in [1.82, 2.24) is 5.01 Å². The number of allylic oxidation sites excluding steroid dienone is 2. The van der Waals surface area contributed by atoms with E-state index in [1.807, 2.05) is 13.1 Å². The number of rotatable bonds is 0. The lowest BCUT2D eigenvalue weighted by Gasteiger charge is -2.26. The van der Waals surface area contributed by atoms with Gasteiger partial charge in [0, 0.05) is 18.3 Å². The van der Waals surface area contributed by atoms with Crippen LogP contribution in [0.2, 0.25) is 0 Å². The second-order valence-corrected chi connectivity index (χ2v) is 3.15. The van der Waals surface area contributed by atoms with Crippen molar-refractivity contribution in [2.45, 2.75) is 13.0 Å². The zero-order chi connectivity index (χ0) is 8.72. The number of nitrogens with zero attached hydrogens (tertiary/aromatic N) is 2. The lowest BCUT2D eigenvalue weighted by molar-refractivity contribution is 0.230. The molecule has 0 spiro atoms. The van der Waals surface area contributed by atoms with E-state index in [2.05, 4.69) is 5.10 Å². The molecule has 60 valence electrons. The van der Waals surface area contributed by atoms with Gasteiger partial charge in [-0.2, -0.15) is 5.10 Å². The fourth-order valence-corrected chi connectivity index (χ4v) is 1.54. The molecule has 2 heterocycles. The zero-order valence-electron chi connectivity index (χ0n) is 6.81. The van der Waals surface area contributed by atoms with E-state index in [0.29, 0.717) is 11.2 Å². The molecular weight excluding hydrogens is 151 g/mol. The molecule has 0 aromatic carbocycles. The molecule has 12 heavy (non-hydrogen) atoms. The van der Waals surface area contributed by atoms with Gasteiger partial charge in [-0.05, 0) is 6.08 Å². The third kappa shape index (κ3) is 0.949. The minimum absolute atomic E-state index is 0.0442. The van der Waals surface area contributed by atoms with Gasteiger partial charge in [-0.15, -0.1) is 0 Å². The molecule has 3 nitrogen and oxygen atoms in total. The van der Waals surface area contributed by atoms with Crippen molar-refractivity contribution in [2.24, 2.45) is 11.0 Å². The quantitative estimate of drug-likeness (QED) is 0.531. The van der Waals surface area contributed by atoms with Gasteiger partial charge in [0.2, 0.25) is 0 Å². The van der Waals surface area contributed by atoms with Crippen LogP contribution in [0.4, 0.5) is 0 Å². The number of fused-ring (bicyclic) bond motifs is 1. The van der Waals surface area contributed by atoms with Gasteiger partial charge in [0.05, 0.1) is 0 Å². The Morgan fingerprint density at radius 3 is 3.17 bits per heavy atom. The normalized spacial score (nSPS) is 32.9. The Morgan fingerprint density at radius 1 is 1.67 bits per heavy atom. The predicted octanol–water partition coefficient (Wildman–Crippen LogP) is 0.758. The Kier molecular flexibility index (Phi) is 1.49. The van der Waals surface area contributed by atoms with Crippen LogP contribution >= 0.6 is 0 Å². The third-order valence-electron chi connectivity index (χ3n) is 2.12. The van der Waals surface area contributed by atoms with Crippen molar-refractivity contribution in [3.05, 3.63) is 23.5 Å². The highest BCUT2D eigenvalue weighted by atomic mass is 16.3. The molecule has 0 bridgehead atoms. The summed E-state index contributed by atoms with van der Waals surface area (Å²) >= 11 is 0. The summed E-state index contributed by atoms with van der Waals surface area (Å²) in [5.41, 5.74) is 0.537. The molecule has 0 amide bonds. The first-order valence-electron chi connectivity index (χ1n) is 3.89. The first kappa shape index (κ1) is 7.46. The predicted molar refractivity (Wildman–Crippen MR) is 47.8 cm³/mol. The van der Waals surface area contributed by atoms with E-state index in [9.17, 15) is 5.11 Å². The average Bonchev–Trinajstić information content (AvgIpc) is 2.31. The van der Waals surface area contributed by atoms with Gasteiger partial charge in [0.1, 0.15) is 19.6 Å². The van der Waals surface area contributed by atoms with Gasteiger partial charge in [-0.25, -0.2) is 0 Å². The summed E-state index contributed by atoms with van der Waals surface area (Å²) in [6.07, 6.45) is 5.11. The topological polar surface area (TPSA) is 35.8 Å². The molecule has 2 rings (SSSR count). The Morgan fingerprint density at radius 2 is 2.42 bits per heavy atom. The summed E-state index contributed by atoms with van der Waals surface area (Å²) in [5, 5.41) is 15.3. The molecule has 0 saturated carbocycles. The average molecular weight is 160 g/mol. The SMILES string of the molecule is [B]C1=CN2N=CC(C)C2C(O)=C1. The summed E-state index contributed by atoms with van der Waals surface area (Å²) in [6, 6.07) is -0.0442. The third-order valence-corrected chi connectivity index (χ3v) is 2.12. The summed E-state index contributed by atoms with van der Waals surface area (Å²) in [5.74, 6) is 0.533. The first-order chi connectivity index (χ1) is 5.68. The molecule has 2 aliphatic heterocycles. The number of aliphatic hydroxyl groups excluding tert-OH is 1. The van der Waals surface area contributed by atoms with Crippen molar-refractivity contribution in [3.8, 4) is 0 Å². The second-order valence-electron chi connectivity index (χ2n) is 3.15. The lowest BCUT2D eigenvalue weighted by Crippen LogP contribution is -2.32. The minimum atomic E-state index is -0.0442. The van der Waals surface area contributed by atoms with Gasteiger partial charge >= 0.3 is 0 Å². The Bertz CT molecular complexity index is 295. The maximum atomic E-state index is 9.54. The largest absolute Gasteiger partial charge is 0.510 e. The number of hydrogen-bond donors (Lipinski definition) is 1. The Balaban J connectivity index is 2.34. The molecule has 2 atom stereocenters. The highest BCUT2D eigenvalue weighted by Gasteiger charge is 2.31. The van der Waals surface area contributed by atoms with Gasteiger partial charge in [0.25, 0.3) is 0 Å². The van der Waals surface area contributed by atoms with E-state index < -0.39 is 0 Å². The van der Waals surface area contributed by atoms with E-state index in [1.165, 1.54) is 0 Å². The van der Waals surface area contributed by atoms with Crippen LogP contribution in [0, 0.1) is 5.92 Å². The molecule has 2 aliphatic rings. The van der Waals surface area contributed by atoms with Crippen molar-refractivity contribution in [2.75, 3.05) is 0 Å². The highest BCUT2D eigenvalue weighted by molar-refractivity contribution is 6.23. The standard InChI is InChI=1S/C8H9BN2O/c1-5-3-10-11-4-6(9)2-7(12)8(5)11/h2-5,8,12H,1H3. The molecule has 0 saturated heterocycles. The maximum absolute atomic E-state index is 9.54. The van der Waals surface area contributed by atoms with Crippen LogP contribution in [0.5, 0.6) is 0 Å². The van der Waals surface area contributed by atoms with Crippen LogP contribution in [-0.4, -0.2) is 30.2 Å².